The summed E-state index contributed by atoms with van der Waals surface area (Å²) in [5.74, 6) is 0.168. The second-order valence-electron chi connectivity index (χ2n) is 10.6. The monoisotopic (exact) mass is 571 g/mol. The van der Waals surface area contributed by atoms with Gasteiger partial charge in [-0.25, -0.2) is 9.97 Å². The Balaban J connectivity index is 1.17. The van der Waals surface area contributed by atoms with Crippen LogP contribution in [0.4, 0.5) is 11.6 Å². The molecule has 212 valence electrons. The van der Waals surface area contributed by atoms with E-state index in [1.807, 2.05) is 44.1 Å². The first-order valence-corrected chi connectivity index (χ1v) is 14.0. The SMILES string of the molecule is Cc1[nH]c2ccccc2c1-c1nc(N[C@H]2CC[C@@H](NC(=O)c3ccc(NC(=O)C=CCN(C)C)cc3)C2)ncc1Cl. The summed E-state index contributed by atoms with van der Waals surface area (Å²) in [5.41, 5.74) is 4.86. The van der Waals surface area contributed by atoms with E-state index in [0.717, 1.165) is 41.4 Å². The number of para-hydroxylation sites is 1. The van der Waals surface area contributed by atoms with Crippen molar-refractivity contribution in [3.63, 3.8) is 0 Å². The molecule has 2 atom stereocenters. The van der Waals surface area contributed by atoms with Gasteiger partial charge in [-0.3, -0.25) is 9.59 Å². The van der Waals surface area contributed by atoms with Gasteiger partial charge in [0.1, 0.15) is 0 Å². The summed E-state index contributed by atoms with van der Waals surface area (Å²) in [5, 5.41) is 10.9. The number of aromatic amines is 1. The van der Waals surface area contributed by atoms with Crippen molar-refractivity contribution in [2.24, 2.45) is 0 Å². The quantitative estimate of drug-likeness (QED) is 0.200. The predicted octanol–water partition coefficient (Wildman–Crippen LogP) is 5.41. The van der Waals surface area contributed by atoms with Crippen LogP contribution in [-0.4, -0.2) is 64.4 Å². The number of hydrogen-bond donors (Lipinski definition) is 4. The summed E-state index contributed by atoms with van der Waals surface area (Å²) in [6.45, 7) is 2.70. The van der Waals surface area contributed by atoms with Crippen molar-refractivity contribution in [3.05, 3.63) is 83.2 Å². The lowest BCUT2D eigenvalue weighted by atomic mass is 10.1. The van der Waals surface area contributed by atoms with Gasteiger partial charge < -0.3 is 25.8 Å². The molecule has 5 rings (SSSR count). The largest absolute Gasteiger partial charge is 0.358 e. The Hall–Kier alpha value is -4.21. The van der Waals surface area contributed by atoms with Crippen molar-refractivity contribution < 1.29 is 9.59 Å². The molecular weight excluding hydrogens is 538 g/mol. The number of aryl methyl sites for hydroxylation is 1. The first kappa shape index (κ1) is 28.3. The minimum absolute atomic E-state index is 0.0313. The molecule has 2 heterocycles. The van der Waals surface area contributed by atoms with Crippen LogP contribution in [0.2, 0.25) is 5.02 Å². The number of halogens is 1. The second-order valence-corrected chi connectivity index (χ2v) is 11.0. The van der Waals surface area contributed by atoms with Gasteiger partial charge in [-0.1, -0.05) is 35.9 Å². The van der Waals surface area contributed by atoms with Gasteiger partial charge in [0.15, 0.2) is 0 Å². The lowest BCUT2D eigenvalue weighted by Gasteiger charge is -2.16. The maximum absolute atomic E-state index is 12.9. The lowest BCUT2D eigenvalue weighted by Crippen LogP contribution is -2.34. The number of carbonyl (C=O) groups excluding carboxylic acids is 2. The fourth-order valence-electron chi connectivity index (χ4n) is 5.15. The topological polar surface area (TPSA) is 115 Å². The number of nitrogens with zero attached hydrogens (tertiary/aromatic N) is 3. The molecule has 2 aromatic carbocycles. The number of fused-ring (bicyclic) bond motifs is 1. The zero-order valence-electron chi connectivity index (χ0n) is 23.4. The number of benzene rings is 2. The molecule has 4 N–H and O–H groups in total. The Morgan fingerprint density at radius 3 is 2.63 bits per heavy atom. The molecule has 0 radical (unpaired) electrons. The van der Waals surface area contributed by atoms with Crippen LogP contribution in [-0.2, 0) is 4.79 Å². The minimum atomic E-state index is -0.207. The van der Waals surface area contributed by atoms with Crippen LogP contribution in [0.15, 0.2) is 66.9 Å². The maximum atomic E-state index is 12.9. The van der Waals surface area contributed by atoms with E-state index in [9.17, 15) is 9.59 Å². The molecule has 10 heteroatoms. The van der Waals surface area contributed by atoms with Gasteiger partial charge >= 0.3 is 0 Å². The van der Waals surface area contributed by atoms with Gasteiger partial charge in [0, 0.05) is 58.1 Å². The molecule has 0 aliphatic heterocycles. The van der Waals surface area contributed by atoms with Gasteiger partial charge in [-0.2, -0.15) is 0 Å². The maximum Gasteiger partial charge on any atom is 0.251 e. The standard InChI is InChI=1S/C31H34ClN7O2/c1-19-28(24-7-4-5-8-26(24)34-19)29-25(32)18-33-31(38-29)37-23-15-14-22(17-23)36-30(41)20-10-12-21(13-11-20)35-27(40)9-6-16-39(2)3/h4-13,18,22-23,34H,14-17H2,1-3H3,(H,35,40)(H,36,41)(H,33,37,38)/t22-,23+/m1/s1. The van der Waals surface area contributed by atoms with Gasteiger partial charge in [0.25, 0.3) is 5.91 Å². The molecule has 9 nitrogen and oxygen atoms in total. The number of amides is 2. The van der Waals surface area contributed by atoms with Crippen LogP contribution >= 0.6 is 11.6 Å². The van der Waals surface area contributed by atoms with E-state index in [0.29, 0.717) is 34.5 Å². The van der Waals surface area contributed by atoms with Crippen molar-refractivity contribution in [3.8, 4) is 11.3 Å². The van der Waals surface area contributed by atoms with Crippen molar-refractivity contribution in [1.82, 2.24) is 25.2 Å². The van der Waals surface area contributed by atoms with Crippen LogP contribution in [0.1, 0.15) is 35.3 Å². The summed E-state index contributed by atoms with van der Waals surface area (Å²) < 4.78 is 0. The van der Waals surface area contributed by atoms with E-state index in [1.54, 1.807) is 36.5 Å². The minimum Gasteiger partial charge on any atom is -0.358 e. The molecule has 1 fully saturated rings. The Bertz CT molecular complexity index is 1580. The van der Waals surface area contributed by atoms with Crippen LogP contribution in [0.5, 0.6) is 0 Å². The molecule has 1 aliphatic carbocycles. The zero-order valence-corrected chi connectivity index (χ0v) is 24.1. The Morgan fingerprint density at radius 1 is 1.10 bits per heavy atom. The third-order valence-electron chi connectivity index (χ3n) is 7.13. The average Bonchev–Trinajstić information content (AvgIpc) is 3.52. The summed E-state index contributed by atoms with van der Waals surface area (Å²) in [7, 11) is 3.87. The fraction of sp³-hybridized carbons (Fsp3) is 0.290. The highest BCUT2D eigenvalue weighted by Gasteiger charge is 2.27. The Labute approximate surface area is 244 Å². The fourth-order valence-corrected chi connectivity index (χ4v) is 5.33. The number of carbonyl (C=O) groups is 2. The molecule has 2 aromatic heterocycles. The molecule has 0 unspecified atom stereocenters. The van der Waals surface area contributed by atoms with E-state index >= 15 is 0 Å². The number of hydrogen-bond acceptors (Lipinski definition) is 6. The third-order valence-corrected chi connectivity index (χ3v) is 7.41. The predicted molar refractivity (Wildman–Crippen MR) is 164 cm³/mol. The first-order valence-electron chi connectivity index (χ1n) is 13.7. The molecule has 1 aliphatic rings. The number of anilines is 2. The molecular formula is C31H34ClN7O2. The third kappa shape index (κ3) is 6.93. The highest BCUT2D eigenvalue weighted by atomic mass is 35.5. The van der Waals surface area contributed by atoms with E-state index in [2.05, 4.69) is 32.0 Å². The molecule has 2 amide bonds. The summed E-state index contributed by atoms with van der Waals surface area (Å²) >= 11 is 6.54. The van der Waals surface area contributed by atoms with Crippen LogP contribution < -0.4 is 16.0 Å². The molecule has 1 saturated carbocycles. The van der Waals surface area contributed by atoms with Crippen LogP contribution in [0.3, 0.4) is 0 Å². The molecule has 4 aromatic rings. The van der Waals surface area contributed by atoms with Gasteiger partial charge in [-0.05, 0) is 70.6 Å². The van der Waals surface area contributed by atoms with Gasteiger partial charge in [0.2, 0.25) is 11.9 Å². The lowest BCUT2D eigenvalue weighted by molar-refractivity contribution is -0.111. The Morgan fingerprint density at radius 2 is 1.85 bits per heavy atom. The van der Waals surface area contributed by atoms with Gasteiger partial charge in [0.05, 0.1) is 16.9 Å². The molecule has 0 saturated heterocycles. The summed E-state index contributed by atoms with van der Waals surface area (Å²) in [6.07, 6.45) is 7.41. The van der Waals surface area contributed by atoms with Crippen molar-refractivity contribution in [2.45, 2.75) is 38.3 Å². The van der Waals surface area contributed by atoms with E-state index in [4.69, 9.17) is 16.6 Å². The molecule has 41 heavy (non-hydrogen) atoms. The number of rotatable bonds is 9. The van der Waals surface area contributed by atoms with E-state index < -0.39 is 0 Å². The van der Waals surface area contributed by atoms with Crippen LogP contribution in [0, 0.1) is 6.92 Å². The smallest absolute Gasteiger partial charge is 0.251 e. The first-order chi connectivity index (χ1) is 19.8. The van der Waals surface area contributed by atoms with Crippen molar-refractivity contribution >= 4 is 46.0 Å². The van der Waals surface area contributed by atoms with Crippen LogP contribution in [0.25, 0.3) is 22.2 Å². The zero-order chi connectivity index (χ0) is 28.9. The second kappa shape index (κ2) is 12.5. The summed E-state index contributed by atoms with van der Waals surface area (Å²) in [4.78, 5) is 39.5. The number of H-pyrrole nitrogens is 1. The van der Waals surface area contributed by atoms with E-state index in [1.165, 1.54) is 6.08 Å². The van der Waals surface area contributed by atoms with Crippen molar-refractivity contribution in [1.29, 1.82) is 0 Å². The average molecular weight is 572 g/mol. The molecule has 0 bridgehead atoms. The van der Waals surface area contributed by atoms with Crippen molar-refractivity contribution in [2.75, 3.05) is 31.3 Å². The normalized spacial score (nSPS) is 16.9. The molecule has 0 spiro atoms. The summed E-state index contributed by atoms with van der Waals surface area (Å²) in [6, 6.07) is 15.1. The number of likely N-dealkylation sites (N-methyl/N-ethyl adjacent to an activating group) is 1. The number of nitrogens with one attached hydrogen (secondary N) is 4. The number of aromatic nitrogens is 3. The van der Waals surface area contributed by atoms with E-state index in [-0.39, 0.29) is 23.9 Å². The highest BCUT2D eigenvalue weighted by Crippen LogP contribution is 2.35. The highest BCUT2D eigenvalue weighted by molar-refractivity contribution is 6.33. The van der Waals surface area contributed by atoms with Gasteiger partial charge in [-0.15, -0.1) is 0 Å². The Kier molecular flexibility index (Phi) is 8.66.